The minimum atomic E-state index is -0.522. The van der Waals surface area contributed by atoms with Gasteiger partial charge >= 0.3 is 0 Å². The van der Waals surface area contributed by atoms with Crippen molar-refractivity contribution in [1.82, 2.24) is 14.5 Å². The summed E-state index contributed by atoms with van der Waals surface area (Å²) in [5.74, 6) is 0.834. The van der Waals surface area contributed by atoms with Crippen molar-refractivity contribution in [1.29, 1.82) is 0 Å². The summed E-state index contributed by atoms with van der Waals surface area (Å²) in [6.07, 6.45) is 0. The molecule has 3 aromatic heterocycles. The molecular weight excluding hydrogens is 687 g/mol. The van der Waals surface area contributed by atoms with E-state index >= 15 is 0 Å². The lowest BCUT2D eigenvalue weighted by atomic mass is 9.67. The number of para-hydroxylation sites is 1. The van der Waals surface area contributed by atoms with Gasteiger partial charge in [0, 0.05) is 26.4 Å². The second-order valence-corrected chi connectivity index (χ2v) is 15.5. The molecule has 0 bridgehead atoms. The predicted octanol–water partition coefficient (Wildman–Crippen LogP) is 13.1. The Kier molecular flexibility index (Phi) is 6.42. The first-order valence-corrected chi connectivity index (χ1v) is 19.6. The van der Waals surface area contributed by atoms with E-state index in [2.05, 4.69) is 193 Å². The zero-order valence-corrected chi connectivity index (χ0v) is 30.5. The molecule has 55 heavy (non-hydrogen) atoms. The van der Waals surface area contributed by atoms with Crippen LogP contribution in [-0.2, 0) is 5.41 Å². The summed E-state index contributed by atoms with van der Waals surface area (Å²) in [5.41, 5.74) is 12.0. The molecule has 0 aliphatic heterocycles. The highest BCUT2D eigenvalue weighted by molar-refractivity contribution is 7.25. The Bertz CT molecular complexity index is 3280. The maximum absolute atomic E-state index is 5.71. The van der Waals surface area contributed by atoms with Gasteiger partial charge in [0.1, 0.15) is 16.0 Å². The molecule has 0 saturated carbocycles. The first-order chi connectivity index (χ1) is 27.3. The van der Waals surface area contributed by atoms with Crippen LogP contribution in [0.15, 0.2) is 188 Å². The van der Waals surface area contributed by atoms with Crippen LogP contribution in [0.1, 0.15) is 22.3 Å². The Labute approximate surface area is 321 Å². The molecule has 0 atom stereocenters. The summed E-state index contributed by atoms with van der Waals surface area (Å²) in [6, 6.07) is 68.4. The molecule has 3 nitrogen and oxygen atoms in total. The number of thiophene rings is 1. The van der Waals surface area contributed by atoms with Crippen LogP contribution < -0.4 is 0 Å². The van der Waals surface area contributed by atoms with E-state index in [0.29, 0.717) is 0 Å². The Morgan fingerprint density at radius 2 is 1.07 bits per heavy atom. The van der Waals surface area contributed by atoms with Crippen molar-refractivity contribution in [2.24, 2.45) is 0 Å². The van der Waals surface area contributed by atoms with Crippen LogP contribution in [0.4, 0.5) is 0 Å². The lowest BCUT2D eigenvalue weighted by molar-refractivity contribution is 0.768. The third kappa shape index (κ3) is 4.20. The van der Waals surface area contributed by atoms with Gasteiger partial charge in [-0.2, -0.15) is 0 Å². The standard InChI is InChI=1S/C51H31N3S/c1-3-18-34(19-4-1)51(35-20-5-2-6-21-35)41-26-12-9-23-37(41)46-39(25-15-27-42(46)51)47-49(52-48-38-24-11-14-29-45(38)55-50(48)53-47)54-43-28-13-10-22-36(43)40-30-32-16-7-8-17-33(32)31-44(40)54/h1-31H. The fraction of sp³-hybridized carbons (Fsp3) is 0.0196. The minimum absolute atomic E-state index is 0.522. The normalized spacial score (nSPS) is 13.2. The van der Waals surface area contributed by atoms with Crippen LogP contribution in [0.25, 0.3) is 81.2 Å². The van der Waals surface area contributed by atoms with Gasteiger partial charge in [0.15, 0.2) is 5.82 Å². The number of benzene rings is 8. The lowest BCUT2D eigenvalue weighted by Gasteiger charge is -2.34. The largest absolute Gasteiger partial charge is 0.292 e. The van der Waals surface area contributed by atoms with Crippen LogP contribution in [0.5, 0.6) is 0 Å². The molecule has 12 rings (SSSR count). The van der Waals surface area contributed by atoms with E-state index in [1.807, 2.05) is 0 Å². The van der Waals surface area contributed by atoms with Crippen molar-refractivity contribution in [3.05, 3.63) is 210 Å². The van der Waals surface area contributed by atoms with Crippen LogP contribution >= 0.6 is 11.3 Å². The molecule has 0 saturated heterocycles. The second kappa shape index (κ2) is 11.6. The Hall–Kier alpha value is -6.88. The number of aromatic nitrogens is 3. The van der Waals surface area contributed by atoms with E-state index in [4.69, 9.17) is 9.97 Å². The summed E-state index contributed by atoms with van der Waals surface area (Å²) in [7, 11) is 0. The molecule has 0 fully saturated rings. The third-order valence-electron chi connectivity index (χ3n) is 11.7. The zero-order chi connectivity index (χ0) is 36.1. The molecule has 11 aromatic rings. The second-order valence-electron chi connectivity index (χ2n) is 14.5. The number of hydrogen-bond donors (Lipinski definition) is 0. The van der Waals surface area contributed by atoms with Gasteiger partial charge < -0.3 is 0 Å². The third-order valence-corrected chi connectivity index (χ3v) is 12.7. The predicted molar refractivity (Wildman–Crippen MR) is 230 cm³/mol. The minimum Gasteiger partial charge on any atom is -0.292 e. The van der Waals surface area contributed by atoms with Crippen molar-refractivity contribution in [2.45, 2.75) is 5.41 Å². The average Bonchev–Trinajstić information content (AvgIpc) is 3.89. The maximum atomic E-state index is 5.71. The molecule has 0 amide bonds. The lowest BCUT2D eigenvalue weighted by Crippen LogP contribution is -2.28. The van der Waals surface area contributed by atoms with E-state index in [1.54, 1.807) is 11.3 Å². The molecule has 256 valence electrons. The first kappa shape index (κ1) is 30.6. The summed E-state index contributed by atoms with van der Waals surface area (Å²) < 4.78 is 3.55. The van der Waals surface area contributed by atoms with Gasteiger partial charge in [-0.3, -0.25) is 4.57 Å². The number of nitrogens with zero attached hydrogens (tertiary/aromatic N) is 3. The molecular formula is C51H31N3S. The quantitative estimate of drug-likeness (QED) is 0.181. The summed E-state index contributed by atoms with van der Waals surface area (Å²) >= 11 is 1.72. The summed E-state index contributed by atoms with van der Waals surface area (Å²) in [6.45, 7) is 0. The van der Waals surface area contributed by atoms with E-state index in [-0.39, 0.29) is 0 Å². The van der Waals surface area contributed by atoms with Crippen LogP contribution in [0.3, 0.4) is 0 Å². The molecule has 1 aliphatic rings. The first-order valence-electron chi connectivity index (χ1n) is 18.8. The van der Waals surface area contributed by atoms with Gasteiger partial charge in [-0.1, -0.05) is 164 Å². The molecule has 0 radical (unpaired) electrons. The van der Waals surface area contributed by atoms with E-state index in [9.17, 15) is 0 Å². The Balaban J connectivity index is 1.25. The van der Waals surface area contributed by atoms with Crippen molar-refractivity contribution in [3.63, 3.8) is 0 Å². The maximum Gasteiger partial charge on any atom is 0.165 e. The molecule has 0 spiro atoms. The SMILES string of the molecule is c1ccc(C2(c3ccccc3)c3ccccc3-c3c(-c4nc5sc6ccccc6c5nc4-n4c5ccccc5c5cc6ccccc6cc54)cccc32)cc1. The topological polar surface area (TPSA) is 30.7 Å². The van der Waals surface area contributed by atoms with Crippen molar-refractivity contribution in [3.8, 4) is 28.2 Å². The number of hydrogen-bond acceptors (Lipinski definition) is 3. The highest BCUT2D eigenvalue weighted by atomic mass is 32.1. The Morgan fingerprint density at radius 1 is 0.455 bits per heavy atom. The van der Waals surface area contributed by atoms with Gasteiger partial charge in [0.2, 0.25) is 0 Å². The van der Waals surface area contributed by atoms with Gasteiger partial charge in [0.05, 0.1) is 16.4 Å². The van der Waals surface area contributed by atoms with Crippen LogP contribution in [-0.4, -0.2) is 14.5 Å². The van der Waals surface area contributed by atoms with Gasteiger partial charge in [0.25, 0.3) is 0 Å². The van der Waals surface area contributed by atoms with Gasteiger partial charge in [-0.05, 0) is 68.4 Å². The zero-order valence-electron chi connectivity index (χ0n) is 29.6. The van der Waals surface area contributed by atoms with E-state index < -0.39 is 5.41 Å². The number of fused-ring (bicyclic) bond motifs is 10. The number of rotatable bonds is 4. The molecule has 1 aliphatic carbocycles. The highest BCUT2D eigenvalue weighted by Gasteiger charge is 2.47. The van der Waals surface area contributed by atoms with E-state index in [0.717, 1.165) is 43.8 Å². The average molecular weight is 718 g/mol. The molecule has 0 unspecified atom stereocenters. The van der Waals surface area contributed by atoms with Crippen LogP contribution in [0.2, 0.25) is 0 Å². The molecule has 3 heterocycles. The van der Waals surface area contributed by atoms with Crippen molar-refractivity contribution in [2.75, 3.05) is 0 Å². The fourth-order valence-corrected chi connectivity index (χ4v) is 10.4. The smallest absolute Gasteiger partial charge is 0.165 e. The highest BCUT2D eigenvalue weighted by Crippen LogP contribution is 2.58. The molecule has 8 aromatic carbocycles. The van der Waals surface area contributed by atoms with Gasteiger partial charge in [-0.25, -0.2) is 9.97 Å². The monoisotopic (exact) mass is 717 g/mol. The van der Waals surface area contributed by atoms with E-state index in [1.165, 1.54) is 59.6 Å². The van der Waals surface area contributed by atoms with Crippen molar-refractivity contribution >= 4 is 64.3 Å². The van der Waals surface area contributed by atoms with Gasteiger partial charge in [-0.15, -0.1) is 11.3 Å². The summed E-state index contributed by atoms with van der Waals surface area (Å²) in [4.78, 5) is 12.3. The fourth-order valence-electron chi connectivity index (χ4n) is 9.42. The van der Waals surface area contributed by atoms with Crippen LogP contribution in [0, 0.1) is 0 Å². The Morgan fingerprint density at radius 3 is 1.87 bits per heavy atom. The summed E-state index contributed by atoms with van der Waals surface area (Å²) in [5, 5.41) is 5.94. The molecule has 4 heteroatoms. The molecule has 0 N–H and O–H groups in total. The van der Waals surface area contributed by atoms with Crippen molar-refractivity contribution < 1.29 is 0 Å².